The number of hydrogen-bond acceptors (Lipinski definition) is 1. The molecule has 0 rings (SSSR count). The first-order chi connectivity index (χ1) is 3.68. The Morgan fingerprint density at radius 2 is 1.75 bits per heavy atom. The third-order valence-corrected chi connectivity index (χ3v) is 0.302. The quantitative estimate of drug-likeness (QED) is 0.552. The van der Waals surface area contributed by atoms with Gasteiger partial charge in [-0.05, 0) is 6.16 Å². The highest BCUT2D eigenvalue weighted by molar-refractivity contribution is 7.16. The van der Waals surface area contributed by atoms with E-state index in [0.29, 0.717) is 0 Å². The number of hydrogen-bond donors (Lipinski definition) is 1. The fraction of sp³-hybridized carbons (Fsp3) is 0.800. The predicted molar refractivity (Wildman–Crippen MR) is 38.2 cm³/mol. The zero-order chi connectivity index (χ0) is 6.99. The minimum absolute atomic E-state index is 0.222. The molecule has 0 amide bonds. The van der Waals surface area contributed by atoms with Crippen LogP contribution in [0.15, 0.2) is 0 Å². The van der Waals surface area contributed by atoms with Crippen LogP contribution in [0.3, 0.4) is 0 Å². The maximum absolute atomic E-state index is 9.37. The summed E-state index contributed by atoms with van der Waals surface area (Å²) < 4.78 is 0. The fourth-order valence-electron chi connectivity index (χ4n) is 0. The lowest BCUT2D eigenvalue weighted by Gasteiger charge is -1.71. The van der Waals surface area contributed by atoms with Gasteiger partial charge in [-0.25, -0.2) is 0 Å². The smallest absolute Gasteiger partial charge is 0.303 e. The average Bonchev–Trinajstić information content (AvgIpc) is 1.69. The summed E-state index contributed by atoms with van der Waals surface area (Å²) >= 11 is 0. The summed E-state index contributed by atoms with van der Waals surface area (Å²) in [6.45, 7) is 3.69. The molecule has 0 bridgehead atoms. The van der Waals surface area contributed by atoms with Crippen molar-refractivity contribution < 1.29 is 9.90 Å². The van der Waals surface area contributed by atoms with Crippen molar-refractivity contribution in [2.45, 2.75) is 20.3 Å². The van der Waals surface area contributed by atoms with E-state index in [9.17, 15) is 4.79 Å². The molecule has 8 heavy (non-hydrogen) atoms. The summed E-state index contributed by atoms with van der Waals surface area (Å²) in [7, 11) is 2.58. The molecule has 3 heteroatoms. The molecular formula is C5H13O2P. The maximum Gasteiger partial charge on any atom is 0.303 e. The van der Waals surface area contributed by atoms with Crippen molar-refractivity contribution in [3.63, 3.8) is 0 Å². The molecule has 0 aromatic carbocycles. The summed E-state index contributed by atoms with van der Waals surface area (Å²) in [5.41, 5.74) is 0. The molecule has 0 aliphatic carbocycles. The Balaban J connectivity index is 0. The van der Waals surface area contributed by atoms with Gasteiger partial charge in [0.05, 0.1) is 0 Å². The van der Waals surface area contributed by atoms with E-state index >= 15 is 0 Å². The van der Waals surface area contributed by atoms with Crippen molar-refractivity contribution in [2.75, 3.05) is 6.16 Å². The van der Waals surface area contributed by atoms with Crippen LogP contribution in [0.4, 0.5) is 0 Å². The van der Waals surface area contributed by atoms with Crippen LogP contribution in [0.1, 0.15) is 20.3 Å². The van der Waals surface area contributed by atoms with Gasteiger partial charge >= 0.3 is 5.97 Å². The van der Waals surface area contributed by atoms with Gasteiger partial charge in [-0.15, -0.1) is 9.24 Å². The molecule has 0 aromatic heterocycles. The first-order valence-electron chi connectivity index (χ1n) is 2.60. The first-order valence-corrected chi connectivity index (χ1v) is 3.42. The Bertz CT molecular complexity index is 54.4. The second kappa shape index (κ2) is 10.0. The van der Waals surface area contributed by atoms with E-state index in [2.05, 4.69) is 16.2 Å². The van der Waals surface area contributed by atoms with E-state index in [0.717, 1.165) is 0 Å². The summed E-state index contributed by atoms with van der Waals surface area (Å²) in [6.07, 6.45) is 1.39. The number of rotatable bonds is 1. The van der Waals surface area contributed by atoms with Crippen molar-refractivity contribution in [2.24, 2.45) is 0 Å². The van der Waals surface area contributed by atoms with E-state index in [1.807, 2.05) is 0 Å². The van der Waals surface area contributed by atoms with Crippen molar-refractivity contribution in [1.82, 2.24) is 0 Å². The highest BCUT2D eigenvalue weighted by Gasteiger charge is 1.80. The normalized spacial score (nSPS) is 6.88. The summed E-state index contributed by atoms with van der Waals surface area (Å²) in [5, 5.41) is 7.72. The van der Waals surface area contributed by atoms with E-state index in [1.54, 1.807) is 6.92 Å². The third kappa shape index (κ3) is 39.2. The molecule has 1 N–H and O–H groups in total. The minimum atomic E-state index is -0.745. The zero-order valence-electron chi connectivity index (χ0n) is 5.35. The topological polar surface area (TPSA) is 37.3 Å². The first kappa shape index (κ1) is 10.8. The van der Waals surface area contributed by atoms with Crippen LogP contribution in [-0.4, -0.2) is 17.2 Å². The molecule has 1 unspecified atom stereocenters. The van der Waals surface area contributed by atoms with Crippen LogP contribution in [-0.2, 0) is 4.79 Å². The zero-order valence-corrected chi connectivity index (χ0v) is 6.50. The lowest BCUT2D eigenvalue weighted by atomic mass is 10.5. The number of carboxylic acid groups (broad SMARTS) is 1. The monoisotopic (exact) mass is 136 g/mol. The number of carbonyl (C=O) groups is 1. The molecule has 50 valence electrons. The highest BCUT2D eigenvalue weighted by Crippen LogP contribution is 1.68. The largest absolute Gasteiger partial charge is 0.481 e. The van der Waals surface area contributed by atoms with Crippen LogP contribution < -0.4 is 0 Å². The molecule has 0 saturated carbocycles. The van der Waals surface area contributed by atoms with Crippen LogP contribution in [0, 0.1) is 0 Å². The lowest BCUT2D eigenvalue weighted by Crippen LogP contribution is -1.86. The maximum atomic E-state index is 9.37. The van der Waals surface area contributed by atoms with Gasteiger partial charge < -0.3 is 5.11 Å². The molecule has 0 heterocycles. The summed E-state index contributed by atoms with van der Waals surface area (Å²) in [6, 6.07) is 0. The van der Waals surface area contributed by atoms with Gasteiger partial charge in [-0.3, -0.25) is 4.79 Å². The molecule has 0 spiro atoms. The Kier molecular flexibility index (Phi) is 13.5. The standard InChI is InChI=1S/C3H6O2.C2H7P/c1-2-3(4)5;1-2-3/h2H2,1H3,(H,4,5);2-3H2,1H3. The van der Waals surface area contributed by atoms with E-state index in [1.165, 1.54) is 6.16 Å². The Hall–Kier alpha value is -0.100. The molecule has 2 nitrogen and oxygen atoms in total. The van der Waals surface area contributed by atoms with E-state index in [4.69, 9.17) is 5.11 Å². The van der Waals surface area contributed by atoms with Crippen LogP contribution >= 0.6 is 9.24 Å². The molecule has 0 saturated heterocycles. The van der Waals surface area contributed by atoms with Crippen LogP contribution in [0.25, 0.3) is 0 Å². The fourth-order valence-corrected chi connectivity index (χ4v) is 0. The van der Waals surface area contributed by atoms with Gasteiger partial charge in [-0.1, -0.05) is 13.8 Å². The SMILES string of the molecule is CCC(=O)O.CCP. The number of carboxylic acids is 1. The molecule has 0 aromatic rings. The molecule has 0 aliphatic heterocycles. The van der Waals surface area contributed by atoms with E-state index < -0.39 is 5.97 Å². The second-order valence-electron chi connectivity index (χ2n) is 1.16. The molecule has 0 aliphatic rings. The molecule has 0 radical (unpaired) electrons. The van der Waals surface area contributed by atoms with Crippen molar-refractivity contribution in [3.8, 4) is 0 Å². The predicted octanol–water partition coefficient (Wildman–Crippen LogP) is 1.36. The van der Waals surface area contributed by atoms with Gasteiger partial charge in [0, 0.05) is 6.42 Å². The minimum Gasteiger partial charge on any atom is -0.481 e. The van der Waals surface area contributed by atoms with Gasteiger partial charge in [0.2, 0.25) is 0 Å². The lowest BCUT2D eigenvalue weighted by molar-refractivity contribution is -0.136. The highest BCUT2D eigenvalue weighted by atomic mass is 31.0. The second-order valence-corrected chi connectivity index (χ2v) is 1.97. The third-order valence-electron chi connectivity index (χ3n) is 0.302. The van der Waals surface area contributed by atoms with Crippen molar-refractivity contribution >= 4 is 15.2 Å². The summed E-state index contributed by atoms with van der Waals surface area (Å²) in [5.74, 6) is -0.745. The molecule has 0 fully saturated rings. The van der Waals surface area contributed by atoms with Gasteiger partial charge in [-0.2, -0.15) is 0 Å². The van der Waals surface area contributed by atoms with Crippen LogP contribution in [0.2, 0.25) is 0 Å². The Morgan fingerprint density at radius 1 is 1.62 bits per heavy atom. The molecular weight excluding hydrogens is 123 g/mol. The van der Waals surface area contributed by atoms with Crippen molar-refractivity contribution in [1.29, 1.82) is 0 Å². The average molecular weight is 136 g/mol. The van der Waals surface area contributed by atoms with Crippen LogP contribution in [0.5, 0.6) is 0 Å². The van der Waals surface area contributed by atoms with Gasteiger partial charge in [0.1, 0.15) is 0 Å². The summed E-state index contributed by atoms with van der Waals surface area (Å²) in [4.78, 5) is 9.37. The molecule has 1 atom stereocenters. The van der Waals surface area contributed by atoms with Gasteiger partial charge in [0.15, 0.2) is 0 Å². The van der Waals surface area contributed by atoms with E-state index in [-0.39, 0.29) is 6.42 Å². The Morgan fingerprint density at radius 3 is 1.75 bits per heavy atom. The Labute approximate surface area is 52.5 Å². The van der Waals surface area contributed by atoms with Gasteiger partial charge in [0.25, 0.3) is 0 Å². The van der Waals surface area contributed by atoms with Crippen molar-refractivity contribution in [3.05, 3.63) is 0 Å². The number of aliphatic carboxylic acids is 1.